The number of methoxy groups -OCH3 is 1. The number of nitrogens with one attached hydrogen (secondary N) is 1. The Morgan fingerprint density at radius 2 is 1.89 bits per heavy atom. The lowest BCUT2D eigenvalue weighted by atomic mass is 10.1. The summed E-state index contributed by atoms with van der Waals surface area (Å²) in [5.41, 5.74) is 1.13. The van der Waals surface area contributed by atoms with Crippen LogP contribution in [0, 0.1) is 5.82 Å². The van der Waals surface area contributed by atoms with Crippen LogP contribution in [0.2, 0.25) is 0 Å². The molecule has 0 aliphatic rings. The number of halogens is 1. The summed E-state index contributed by atoms with van der Waals surface area (Å²) in [7, 11) is 1.24. The molecule has 0 aliphatic carbocycles. The molecule has 0 unspecified atom stereocenters. The van der Waals surface area contributed by atoms with Crippen LogP contribution < -0.4 is 11.1 Å². The number of ether oxygens (including phenoxy) is 1. The average Bonchev–Trinajstić information content (AvgIpc) is 3.03. The topological polar surface area (TPSA) is 103 Å². The van der Waals surface area contributed by atoms with Crippen molar-refractivity contribution in [2.75, 3.05) is 12.4 Å². The van der Waals surface area contributed by atoms with Gasteiger partial charge in [0.25, 0.3) is 0 Å². The third-order valence-electron chi connectivity index (χ3n) is 3.94. The molecule has 0 saturated carbocycles. The first-order valence-electron chi connectivity index (χ1n) is 8.25. The zero-order valence-electron chi connectivity index (χ0n) is 14.8. The van der Waals surface area contributed by atoms with Crippen molar-refractivity contribution in [3.8, 4) is 0 Å². The van der Waals surface area contributed by atoms with Crippen LogP contribution in [0.4, 0.5) is 10.1 Å². The Hall–Kier alpha value is -3.75. The molecule has 8 nitrogen and oxygen atoms in total. The van der Waals surface area contributed by atoms with E-state index in [9.17, 15) is 18.8 Å². The van der Waals surface area contributed by atoms with Gasteiger partial charge < -0.3 is 10.1 Å². The van der Waals surface area contributed by atoms with E-state index < -0.39 is 17.6 Å². The number of anilines is 1. The maximum Gasteiger partial charge on any atom is 0.442 e. The summed E-state index contributed by atoms with van der Waals surface area (Å²) in [6.45, 7) is -0.367. The fourth-order valence-electron chi connectivity index (χ4n) is 2.58. The number of amides is 1. The number of rotatable bonds is 6. The summed E-state index contributed by atoms with van der Waals surface area (Å²) in [4.78, 5) is 36.1. The van der Waals surface area contributed by atoms with E-state index >= 15 is 0 Å². The van der Waals surface area contributed by atoms with Gasteiger partial charge in [-0.1, -0.05) is 29.4 Å². The largest absolute Gasteiger partial charge is 0.465 e. The lowest BCUT2D eigenvalue weighted by Crippen LogP contribution is -2.27. The van der Waals surface area contributed by atoms with Gasteiger partial charge in [0.05, 0.1) is 18.4 Å². The zero-order valence-corrected chi connectivity index (χ0v) is 14.8. The number of carbonyl (C=O) groups excluding carboxylic acids is 2. The zero-order chi connectivity index (χ0) is 20.1. The van der Waals surface area contributed by atoms with E-state index in [1.54, 1.807) is 30.3 Å². The molecule has 1 N–H and O–H groups in total. The smallest absolute Gasteiger partial charge is 0.442 e. The molecule has 0 saturated heterocycles. The second-order valence-corrected chi connectivity index (χ2v) is 5.84. The lowest BCUT2D eigenvalue weighted by Gasteiger charge is -2.10. The van der Waals surface area contributed by atoms with Crippen LogP contribution >= 0.6 is 0 Å². The van der Waals surface area contributed by atoms with Crippen molar-refractivity contribution in [2.24, 2.45) is 0 Å². The number of esters is 1. The quantitative estimate of drug-likeness (QED) is 0.651. The molecule has 0 spiro atoms. The predicted molar refractivity (Wildman–Crippen MR) is 96.4 cm³/mol. The van der Waals surface area contributed by atoms with Crippen LogP contribution in [-0.2, 0) is 22.5 Å². The minimum absolute atomic E-state index is 0.179. The number of carbonyl (C=O) groups is 2. The fourth-order valence-corrected chi connectivity index (χ4v) is 2.58. The first-order chi connectivity index (χ1) is 13.5. The monoisotopic (exact) mass is 385 g/mol. The third kappa shape index (κ3) is 4.32. The van der Waals surface area contributed by atoms with E-state index in [1.807, 2.05) is 0 Å². The van der Waals surface area contributed by atoms with Gasteiger partial charge in [-0.15, -0.1) is 0 Å². The fraction of sp³-hybridized carbons (Fsp3) is 0.158. The molecule has 3 aromatic rings. The van der Waals surface area contributed by atoms with Crippen molar-refractivity contribution in [3.05, 3.63) is 81.9 Å². The summed E-state index contributed by atoms with van der Waals surface area (Å²) in [5.74, 6) is -2.12. The van der Waals surface area contributed by atoms with E-state index in [4.69, 9.17) is 0 Å². The van der Waals surface area contributed by atoms with Gasteiger partial charge in [0.15, 0.2) is 5.82 Å². The van der Waals surface area contributed by atoms with Crippen molar-refractivity contribution in [1.29, 1.82) is 0 Å². The molecule has 0 bridgehead atoms. The lowest BCUT2D eigenvalue weighted by molar-refractivity contribution is -0.116. The summed E-state index contributed by atoms with van der Waals surface area (Å²) >= 11 is 0. The summed E-state index contributed by atoms with van der Waals surface area (Å²) in [5, 5.41) is 6.25. The molecule has 144 valence electrons. The summed E-state index contributed by atoms with van der Waals surface area (Å²) in [6, 6.07) is 12.0. The van der Waals surface area contributed by atoms with Gasteiger partial charge in [-0.05, 0) is 29.8 Å². The van der Waals surface area contributed by atoms with Gasteiger partial charge in [-0.25, -0.2) is 14.0 Å². The second-order valence-electron chi connectivity index (χ2n) is 5.84. The average molecular weight is 385 g/mol. The molecule has 0 fully saturated rings. The molecular weight excluding hydrogens is 369 g/mol. The van der Waals surface area contributed by atoms with Gasteiger partial charge in [0.2, 0.25) is 5.91 Å². The van der Waals surface area contributed by atoms with Crippen molar-refractivity contribution in [3.63, 3.8) is 0 Å². The Balaban J connectivity index is 1.77. The van der Waals surface area contributed by atoms with Gasteiger partial charge in [-0.2, -0.15) is 0 Å². The molecule has 3 rings (SSSR count). The minimum Gasteiger partial charge on any atom is -0.465 e. The molecule has 1 aromatic heterocycles. The van der Waals surface area contributed by atoms with E-state index in [1.165, 1.54) is 25.3 Å². The highest BCUT2D eigenvalue weighted by Crippen LogP contribution is 2.16. The summed E-state index contributed by atoms with van der Waals surface area (Å²) < 4.78 is 23.4. The molecule has 0 atom stereocenters. The molecule has 9 heteroatoms. The first-order valence-corrected chi connectivity index (χ1v) is 8.25. The third-order valence-corrected chi connectivity index (χ3v) is 3.94. The van der Waals surface area contributed by atoms with E-state index in [-0.39, 0.29) is 35.9 Å². The summed E-state index contributed by atoms with van der Waals surface area (Å²) in [6.07, 6.45) is 0.179. The molecule has 0 aliphatic heterocycles. The van der Waals surface area contributed by atoms with Crippen LogP contribution in [0.25, 0.3) is 0 Å². The van der Waals surface area contributed by atoms with Crippen LogP contribution in [0.1, 0.15) is 21.7 Å². The Kier molecular flexibility index (Phi) is 5.64. The van der Waals surface area contributed by atoms with Gasteiger partial charge in [-0.3, -0.25) is 13.9 Å². The predicted octanol–water partition coefficient (Wildman–Crippen LogP) is 1.99. The number of para-hydroxylation sites is 1. The standard InChI is InChI=1S/C19H16FN3O5/c1-27-18(25)14-4-2-3-5-15(14)21-17(24)11-23-16(22-28-19(23)26)10-12-6-8-13(20)9-7-12/h2-9H,10-11H2,1H3,(H,21,24). The van der Waals surface area contributed by atoms with Gasteiger partial charge in [0.1, 0.15) is 12.4 Å². The number of aromatic nitrogens is 2. The minimum atomic E-state index is -0.798. The van der Waals surface area contributed by atoms with Crippen molar-refractivity contribution in [2.45, 2.75) is 13.0 Å². The Morgan fingerprint density at radius 3 is 2.61 bits per heavy atom. The van der Waals surface area contributed by atoms with Crippen molar-refractivity contribution < 1.29 is 23.2 Å². The molecular formula is C19H16FN3O5. The van der Waals surface area contributed by atoms with Gasteiger partial charge in [0, 0.05) is 6.42 Å². The van der Waals surface area contributed by atoms with Gasteiger partial charge >= 0.3 is 11.7 Å². The van der Waals surface area contributed by atoms with E-state index in [0.29, 0.717) is 5.56 Å². The molecule has 1 amide bonds. The van der Waals surface area contributed by atoms with Crippen molar-refractivity contribution in [1.82, 2.24) is 9.72 Å². The SMILES string of the molecule is COC(=O)c1ccccc1NC(=O)Cn1c(Cc2ccc(F)cc2)noc1=O. The second kappa shape index (κ2) is 8.30. The maximum absolute atomic E-state index is 13.0. The Morgan fingerprint density at radius 1 is 1.18 bits per heavy atom. The molecule has 0 radical (unpaired) electrons. The van der Waals surface area contributed by atoms with Crippen molar-refractivity contribution >= 4 is 17.6 Å². The van der Waals surface area contributed by atoms with E-state index in [0.717, 1.165) is 4.57 Å². The highest BCUT2D eigenvalue weighted by molar-refractivity contribution is 6.01. The maximum atomic E-state index is 13.0. The van der Waals surface area contributed by atoms with Crippen LogP contribution in [-0.4, -0.2) is 28.7 Å². The van der Waals surface area contributed by atoms with Crippen LogP contribution in [0.15, 0.2) is 57.8 Å². The first kappa shape index (κ1) is 19.0. The number of hydrogen-bond donors (Lipinski definition) is 1. The Bertz CT molecular complexity index is 1060. The molecule has 1 heterocycles. The number of nitrogens with zero attached hydrogens (tertiary/aromatic N) is 2. The number of benzene rings is 2. The molecule has 28 heavy (non-hydrogen) atoms. The highest BCUT2D eigenvalue weighted by Gasteiger charge is 2.17. The molecule has 2 aromatic carbocycles. The normalized spacial score (nSPS) is 10.5. The van der Waals surface area contributed by atoms with Crippen LogP contribution in [0.3, 0.4) is 0 Å². The van der Waals surface area contributed by atoms with E-state index in [2.05, 4.69) is 19.7 Å². The Labute approximate surface area is 158 Å². The van der Waals surface area contributed by atoms with Crippen LogP contribution in [0.5, 0.6) is 0 Å². The highest BCUT2D eigenvalue weighted by atomic mass is 19.1. The number of hydrogen-bond acceptors (Lipinski definition) is 6.